The second kappa shape index (κ2) is 7.22. The molecule has 2 aromatic carbocycles. The molecule has 0 unspecified atom stereocenters. The maximum absolute atomic E-state index is 13.2. The van der Waals surface area contributed by atoms with Crippen LogP contribution in [0.1, 0.15) is 29.5 Å². The fourth-order valence-electron chi connectivity index (χ4n) is 4.01. The van der Waals surface area contributed by atoms with Crippen LogP contribution >= 0.6 is 11.6 Å². The summed E-state index contributed by atoms with van der Waals surface area (Å²) < 4.78 is 0. The Kier molecular flexibility index (Phi) is 4.73. The van der Waals surface area contributed by atoms with E-state index in [0.717, 1.165) is 28.9 Å². The van der Waals surface area contributed by atoms with Gasteiger partial charge in [-0.1, -0.05) is 35.9 Å². The average molecular weight is 409 g/mol. The maximum atomic E-state index is 13.2. The molecular formula is C21H17ClN4O3. The molecule has 146 valence electrons. The zero-order chi connectivity index (χ0) is 20.6. The number of aryl methyl sites for hydroxylation is 1. The van der Waals surface area contributed by atoms with Gasteiger partial charge in [0.2, 0.25) is 5.91 Å². The van der Waals surface area contributed by atoms with E-state index in [1.54, 1.807) is 0 Å². The van der Waals surface area contributed by atoms with E-state index in [9.17, 15) is 19.6 Å². The van der Waals surface area contributed by atoms with Crippen LogP contribution in [0, 0.1) is 11.3 Å². The summed E-state index contributed by atoms with van der Waals surface area (Å²) in [7, 11) is 0. The predicted octanol–water partition coefficient (Wildman–Crippen LogP) is 2.93. The number of fused-ring (bicyclic) bond motifs is 2. The van der Waals surface area contributed by atoms with Crippen molar-refractivity contribution in [3.05, 3.63) is 64.2 Å². The molecule has 1 saturated heterocycles. The van der Waals surface area contributed by atoms with Crippen molar-refractivity contribution in [1.29, 1.82) is 5.26 Å². The van der Waals surface area contributed by atoms with Gasteiger partial charge in [0.05, 0.1) is 11.3 Å². The third-order valence-corrected chi connectivity index (χ3v) is 5.56. The van der Waals surface area contributed by atoms with Crippen molar-refractivity contribution in [3.63, 3.8) is 0 Å². The van der Waals surface area contributed by atoms with Crippen molar-refractivity contribution in [2.75, 3.05) is 11.9 Å². The van der Waals surface area contributed by atoms with Crippen LogP contribution in [0.15, 0.2) is 42.5 Å². The standard InChI is InChI=1S/C21H17ClN4O3/c22-15-8-7-14(11-23)17(10-15)24-18(27)12-26-19(28)21(25-20(26)29)9-3-5-13-4-1-2-6-16(13)21/h1-2,4,6-8,10H,3,5,9,12H2,(H,24,27)(H,25,29)/t21-/m1/s1. The number of nitrogens with one attached hydrogen (secondary N) is 2. The zero-order valence-corrected chi connectivity index (χ0v) is 16.1. The number of imide groups is 1. The maximum Gasteiger partial charge on any atom is 0.325 e. The van der Waals surface area contributed by atoms with Crippen molar-refractivity contribution < 1.29 is 14.4 Å². The molecule has 0 saturated carbocycles. The summed E-state index contributed by atoms with van der Waals surface area (Å²) in [6.45, 7) is -0.452. The summed E-state index contributed by atoms with van der Waals surface area (Å²) in [5.74, 6) is -1.02. The molecule has 4 rings (SSSR count). The Labute approximate surface area is 172 Å². The largest absolute Gasteiger partial charge is 0.325 e. The average Bonchev–Trinajstić information content (AvgIpc) is 2.93. The molecular weight excluding hydrogens is 392 g/mol. The van der Waals surface area contributed by atoms with Gasteiger partial charge in [-0.25, -0.2) is 4.79 Å². The minimum atomic E-state index is -1.12. The number of hydrogen-bond acceptors (Lipinski definition) is 4. The monoisotopic (exact) mass is 408 g/mol. The van der Waals surface area contributed by atoms with E-state index in [0.29, 0.717) is 11.4 Å². The van der Waals surface area contributed by atoms with E-state index >= 15 is 0 Å². The number of nitriles is 1. The Morgan fingerprint density at radius 2 is 2.07 bits per heavy atom. The van der Waals surface area contributed by atoms with Gasteiger partial charge in [-0.2, -0.15) is 5.26 Å². The predicted molar refractivity (Wildman–Crippen MR) is 106 cm³/mol. The van der Waals surface area contributed by atoms with Crippen LogP contribution < -0.4 is 10.6 Å². The smallest absolute Gasteiger partial charge is 0.323 e. The fourth-order valence-corrected chi connectivity index (χ4v) is 4.18. The first-order chi connectivity index (χ1) is 13.9. The zero-order valence-electron chi connectivity index (χ0n) is 15.4. The molecule has 2 aromatic rings. The van der Waals surface area contributed by atoms with Crippen LogP contribution in [0.25, 0.3) is 0 Å². The fraction of sp³-hybridized carbons (Fsp3) is 0.238. The SMILES string of the molecule is N#Cc1ccc(Cl)cc1NC(=O)CN1C(=O)N[C@@]2(CCCc3ccccc32)C1=O. The van der Waals surface area contributed by atoms with Gasteiger partial charge in [0.25, 0.3) is 5.91 Å². The lowest BCUT2D eigenvalue weighted by molar-refractivity contribution is -0.134. The van der Waals surface area contributed by atoms with Gasteiger partial charge in [0, 0.05) is 5.02 Å². The van der Waals surface area contributed by atoms with Gasteiger partial charge in [-0.05, 0) is 48.6 Å². The number of hydrogen-bond donors (Lipinski definition) is 2. The lowest BCUT2D eigenvalue weighted by atomic mass is 9.76. The summed E-state index contributed by atoms with van der Waals surface area (Å²) in [5.41, 5.74) is 1.15. The second-order valence-corrected chi connectivity index (χ2v) is 7.52. The highest BCUT2D eigenvalue weighted by atomic mass is 35.5. The van der Waals surface area contributed by atoms with Crippen LogP contribution in [0.2, 0.25) is 5.02 Å². The molecule has 4 amide bonds. The van der Waals surface area contributed by atoms with Crippen LogP contribution in [0.3, 0.4) is 0 Å². The van der Waals surface area contributed by atoms with Crippen LogP contribution in [-0.4, -0.2) is 29.3 Å². The summed E-state index contributed by atoms with van der Waals surface area (Å²) in [6, 6.07) is 13.4. The quantitative estimate of drug-likeness (QED) is 0.762. The minimum absolute atomic E-state index is 0.231. The van der Waals surface area contributed by atoms with Crippen molar-refractivity contribution in [2.45, 2.75) is 24.8 Å². The lowest BCUT2D eigenvalue weighted by Gasteiger charge is -2.33. The van der Waals surface area contributed by atoms with Gasteiger partial charge in [-0.3, -0.25) is 14.5 Å². The first-order valence-corrected chi connectivity index (χ1v) is 9.54. The number of amides is 4. The van der Waals surface area contributed by atoms with E-state index < -0.39 is 29.9 Å². The molecule has 1 heterocycles. The molecule has 1 aliphatic heterocycles. The summed E-state index contributed by atoms with van der Waals surface area (Å²) >= 11 is 5.93. The topological polar surface area (TPSA) is 102 Å². The molecule has 29 heavy (non-hydrogen) atoms. The highest BCUT2D eigenvalue weighted by Gasteiger charge is 2.54. The number of carbonyl (C=O) groups excluding carboxylic acids is 3. The molecule has 0 aromatic heterocycles. The summed E-state index contributed by atoms with van der Waals surface area (Å²) in [6.07, 6.45) is 2.09. The molecule has 7 nitrogen and oxygen atoms in total. The Bertz CT molecular complexity index is 1080. The Morgan fingerprint density at radius 1 is 1.28 bits per heavy atom. The van der Waals surface area contributed by atoms with E-state index in [-0.39, 0.29) is 11.3 Å². The van der Waals surface area contributed by atoms with E-state index in [1.165, 1.54) is 18.2 Å². The third kappa shape index (κ3) is 3.22. The first-order valence-electron chi connectivity index (χ1n) is 9.16. The molecule has 1 spiro atoms. The number of halogens is 1. The summed E-state index contributed by atoms with van der Waals surface area (Å²) in [4.78, 5) is 39.2. The molecule has 1 atom stereocenters. The van der Waals surface area contributed by atoms with E-state index in [4.69, 9.17) is 11.6 Å². The number of rotatable bonds is 3. The Balaban J connectivity index is 1.56. The molecule has 0 bridgehead atoms. The van der Waals surface area contributed by atoms with Crippen molar-refractivity contribution >= 4 is 35.1 Å². The highest BCUT2D eigenvalue weighted by Crippen LogP contribution is 2.39. The van der Waals surface area contributed by atoms with Crippen LogP contribution in [0.4, 0.5) is 10.5 Å². The van der Waals surface area contributed by atoms with Crippen molar-refractivity contribution in [3.8, 4) is 6.07 Å². The van der Waals surface area contributed by atoms with Gasteiger partial charge in [0.15, 0.2) is 0 Å². The van der Waals surface area contributed by atoms with Gasteiger partial charge < -0.3 is 10.6 Å². The van der Waals surface area contributed by atoms with Crippen LogP contribution in [0.5, 0.6) is 0 Å². The normalized spacial score (nSPS) is 20.2. The van der Waals surface area contributed by atoms with E-state index in [1.807, 2.05) is 30.3 Å². The number of nitrogens with zero attached hydrogens (tertiary/aromatic N) is 2. The third-order valence-electron chi connectivity index (χ3n) is 5.33. The molecule has 0 radical (unpaired) electrons. The molecule has 8 heteroatoms. The van der Waals surface area contributed by atoms with E-state index in [2.05, 4.69) is 10.6 Å². The van der Waals surface area contributed by atoms with Crippen molar-refractivity contribution in [1.82, 2.24) is 10.2 Å². The van der Waals surface area contributed by atoms with Gasteiger partial charge >= 0.3 is 6.03 Å². The second-order valence-electron chi connectivity index (χ2n) is 7.09. The number of anilines is 1. The Morgan fingerprint density at radius 3 is 2.86 bits per heavy atom. The molecule has 2 N–H and O–H groups in total. The lowest BCUT2D eigenvalue weighted by Crippen LogP contribution is -2.47. The number of urea groups is 1. The van der Waals surface area contributed by atoms with Crippen LogP contribution in [-0.2, 0) is 21.5 Å². The molecule has 1 aliphatic carbocycles. The summed E-state index contributed by atoms with van der Waals surface area (Å²) in [5, 5.41) is 14.9. The molecule has 2 aliphatic rings. The molecule has 1 fully saturated rings. The van der Waals surface area contributed by atoms with Gasteiger partial charge in [0.1, 0.15) is 18.2 Å². The Hall–Kier alpha value is -3.37. The minimum Gasteiger partial charge on any atom is -0.323 e. The number of carbonyl (C=O) groups is 3. The van der Waals surface area contributed by atoms with Crippen molar-refractivity contribution in [2.24, 2.45) is 0 Å². The number of benzene rings is 2. The first kappa shape index (κ1) is 19.0. The highest BCUT2D eigenvalue weighted by molar-refractivity contribution is 6.31. The van der Waals surface area contributed by atoms with Gasteiger partial charge in [-0.15, -0.1) is 0 Å².